The van der Waals surface area contributed by atoms with Gasteiger partial charge in [-0.05, 0) is 45.1 Å². The summed E-state index contributed by atoms with van der Waals surface area (Å²) in [5.74, 6) is -0.0779. The highest BCUT2D eigenvalue weighted by atomic mass is 16.1. The van der Waals surface area contributed by atoms with Gasteiger partial charge in [-0.15, -0.1) is 0 Å². The van der Waals surface area contributed by atoms with Crippen LogP contribution in [0.2, 0.25) is 0 Å². The van der Waals surface area contributed by atoms with Crippen molar-refractivity contribution in [2.75, 3.05) is 44.4 Å². The molecule has 1 aromatic carbocycles. The van der Waals surface area contributed by atoms with E-state index >= 15 is 0 Å². The molecule has 1 aromatic rings. The summed E-state index contributed by atoms with van der Waals surface area (Å²) >= 11 is 0. The molecule has 3 N–H and O–H groups in total. The minimum Gasteiger partial charge on any atom is -0.397 e. The number of nitrogen functional groups attached to an aromatic ring is 1. The number of hydrogen-bond acceptors (Lipinski definition) is 4. The molecule has 1 aliphatic rings. The maximum atomic E-state index is 11.8. The van der Waals surface area contributed by atoms with Crippen molar-refractivity contribution in [2.24, 2.45) is 0 Å². The summed E-state index contributed by atoms with van der Waals surface area (Å²) in [6.45, 7) is 5.26. The first-order valence-corrected chi connectivity index (χ1v) is 7.09. The van der Waals surface area contributed by atoms with Crippen LogP contribution >= 0.6 is 0 Å². The van der Waals surface area contributed by atoms with E-state index < -0.39 is 0 Å². The molecule has 1 heterocycles. The van der Waals surface area contributed by atoms with Gasteiger partial charge in [-0.1, -0.05) is 0 Å². The van der Waals surface area contributed by atoms with Crippen molar-refractivity contribution in [3.63, 3.8) is 0 Å². The molecule has 1 amide bonds. The zero-order chi connectivity index (χ0) is 14.7. The van der Waals surface area contributed by atoms with Crippen molar-refractivity contribution in [3.8, 4) is 0 Å². The second kappa shape index (κ2) is 6.13. The molecule has 1 atom stereocenters. The number of nitrogens with zero attached hydrogens (tertiary/aromatic N) is 2. The molecule has 0 radical (unpaired) electrons. The molecule has 20 heavy (non-hydrogen) atoms. The second-order valence-electron chi connectivity index (χ2n) is 5.51. The van der Waals surface area contributed by atoms with Crippen LogP contribution in [0.5, 0.6) is 0 Å². The maximum absolute atomic E-state index is 11.8. The first-order valence-electron chi connectivity index (χ1n) is 7.09. The van der Waals surface area contributed by atoms with Crippen LogP contribution in [0.25, 0.3) is 0 Å². The van der Waals surface area contributed by atoms with Gasteiger partial charge in [0.1, 0.15) is 0 Å². The first-order chi connectivity index (χ1) is 9.52. The van der Waals surface area contributed by atoms with Gasteiger partial charge in [-0.3, -0.25) is 4.79 Å². The third-order valence-corrected chi connectivity index (χ3v) is 3.88. The number of nitrogens with one attached hydrogen (secondary N) is 1. The van der Waals surface area contributed by atoms with Crippen molar-refractivity contribution in [2.45, 2.75) is 19.4 Å². The lowest BCUT2D eigenvalue weighted by Gasteiger charge is -2.31. The lowest BCUT2D eigenvalue weighted by molar-refractivity contribution is 0.0963. The Bertz CT molecular complexity index is 489. The quantitative estimate of drug-likeness (QED) is 0.796. The van der Waals surface area contributed by atoms with Gasteiger partial charge in [0.05, 0.1) is 11.4 Å². The van der Waals surface area contributed by atoms with Gasteiger partial charge in [-0.25, -0.2) is 0 Å². The van der Waals surface area contributed by atoms with E-state index in [0.717, 1.165) is 37.4 Å². The normalized spacial score (nSPS) is 20.6. The van der Waals surface area contributed by atoms with Gasteiger partial charge in [0.15, 0.2) is 0 Å². The van der Waals surface area contributed by atoms with Crippen molar-refractivity contribution >= 4 is 17.3 Å². The third-order valence-electron chi connectivity index (χ3n) is 3.88. The van der Waals surface area contributed by atoms with Gasteiger partial charge in [0, 0.05) is 31.7 Å². The molecule has 0 aliphatic carbocycles. The fourth-order valence-electron chi connectivity index (χ4n) is 2.81. The molecule has 110 valence electrons. The van der Waals surface area contributed by atoms with E-state index in [1.807, 2.05) is 12.1 Å². The number of nitrogens with two attached hydrogens (primary N) is 1. The predicted molar refractivity (Wildman–Crippen MR) is 83.2 cm³/mol. The van der Waals surface area contributed by atoms with Crippen LogP contribution < -0.4 is 16.0 Å². The second-order valence-corrected chi connectivity index (χ2v) is 5.51. The fourth-order valence-corrected chi connectivity index (χ4v) is 2.81. The lowest BCUT2D eigenvalue weighted by Crippen LogP contribution is -2.38. The van der Waals surface area contributed by atoms with Gasteiger partial charge < -0.3 is 20.9 Å². The number of carbonyl (C=O) groups is 1. The van der Waals surface area contributed by atoms with Crippen molar-refractivity contribution in [3.05, 3.63) is 23.8 Å². The first kappa shape index (κ1) is 14.7. The van der Waals surface area contributed by atoms with Crippen LogP contribution in [0, 0.1) is 0 Å². The molecule has 0 bridgehead atoms. The highest BCUT2D eigenvalue weighted by molar-refractivity contribution is 5.96. The van der Waals surface area contributed by atoms with Crippen molar-refractivity contribution in [1.29, 1.82) is 0 Å². The molecular weight excluding hydrogens is 252 g/mol. The smallest absolute Gasteiger partial charge is 0.251 e. The van der Waals surface area contributed by atoms with Gasteiger partial charge in [0.2, 0.25) is 0 Å². The van der Waals surface area contributed by atoms with E-state index in [-0.39, 0.29) is 5.91 Å². The predicted octanol–water partition coefficient (Wildman–Crippen LogP) is 1.16. The minimum absolute atomic E-state index is 0.0779. The number of hydrogen-bond donors (Lipinski definition) is 2. The minimum atomic E-state index is -0.0779. The molecule has 1 unspecified atom stereocenters. The van der Waals surface area contributed by atoms with E-state index in [4.69, 9.17) is 5.73 Å². The summed E-state index contributed by atoms with van der Waals surface area (Å²) < 4.78 is 0. The highest BCUT2D eigenvalue weighted by Gasteiger charge is 2.22. The van der Waals surface area contributed by atoms with Crippen LogP contribution in [0.15, 0.2) is 18.2 Å². The summed E-state index contributed by atoms with van der Waals surface area (Å²) in [4.78, 5) is 16.4. The molecule has 5 heteroatoms. The SMILES string of the molecule is CNC(=O)c1ccc(N)c(N2CCCN(C)CC2C)c1. The highest BCUT2D eigenvalue weighted by Crippen LogP contribution is 2.28. The number of benzene rings is 1. The largest absolute Gasteiger partial charge is 0.397 e. The molecule has 1 fully saturated rings. The molecule has 5 nitrogen and oxygen atoms in total. The van der Waals surface area contributed by atoms with E-state index in [9.17, 15) is 4.79 Å². The molecular formula is C15H24N4O. The summed E-state index contributed by atoms with van der Waals surface area (Å²) in [5.41, 5.74) is 8.47. The van der Waals surface area contributed by atoms with Crippen LogP contribution in [-0.4, -0.2) is 50.6 Å². The Balaban J connectivity index is 2.32. The van der Waals surface area contributed by atoms with Crippen LogP contribution in [0.4, 0.5) is 11.4 Å². The zero-order valence-electron chi connectivity index (χ0n) is 12.5. The Kier molecular flexibility index (Phi) is 4.49. The number of anilines is 2. The molecule has 0 aromatic heterocycles. The summed E-state index contributed by atoms with van der Waals surface area (Å²) in [5, 5.41) is 2.65. The Morgan fingerprint density at radius 1 is 1.40 bits per heavy atom. The average Bonchev–Trinajstić information content (AvgIpc) is 2.59. The van der Waals surface area contributed by atoms with Crippen molar-refractivity contribution < 1.29 is 4.79 Å². The van der Waals surface area contributed by atoms with Gasteiger partial charge in [0.25, 0.3) is 5.91 Å². The topological polar surface area (TPSA) is 61.6 Å². The molecule has 1 aliphatic heterocycles. The summed E-state index contributed by atoms with van der Waals surface area (Å²) in [7, 11) is 3.78. The number of amides is 1. The number of likely N-dealkylation sites (N-methyl/N-ethyl adjacent to an activating group) is 1. The van der Waals surface area contributed by atoms with Crippen LogP contribution in [0.1, 0.15) is 23.7 Å². The summed E-state index contributed by atoms with van der Waals surface area (Å²) in [6, 6.07) is 5.87. The average molecular weight is 276 g/mol. The lowest BCUT2D eigenvalue weighted by atomic mass is 10.1. The molecule has 0 saturated carbocycles. The third kappa shape index (κ3) is 3.04. The zero-order valence-corrected chi connectivity index (χ0v) is 12.5. The Labute approximate surface area is 120 Å². The molecule has 0 spiro atoms. The monoisotopic (exact) mass is 276 g/mol. The van der Waals surface area contributed by atoms with Gasteiger partial charge in [-0.2, -0.15) is 0 Å². The van der Waals surface area contributed by atoms with Gasteiger partial charge >= 0.3 is 0 Å². The number of carbonyl (C=O) groups excluding carboxylic acids is 1. The van der Waals surface area contributed by atoms with Crippen LogP contribution in [0.3, 0.4) is 0 Å². The molecule has 2 rings (SSSR count). The van der Waals surface area contributed by atoms with E-state index in [1.165, 1.54) is 0 Å². The Morgan fingerprint density at radius 3 is 2.85 bits per heavy atom. The Morgan fingerprint density at radius 2 is 2.15 bits per heavy atom. The Hall–Kier alpha value is -1.75. The van der Waals surface area contributed by atoms with E-state index in [0.29, 0.717) is 11.6 Å². The fraction of sp³-hybridized carbons (Fsp3) is 0.533. The van der Waals surface area contributed by atoms with E-state index in [2.05, 4.69) is 29.1 Å². The number of rotatable bonds is 2. The standard InChI is InChI=1S/C15H24N4O/c1-11-10-18(3)7-4-8-19(11)14-9-12(15(20)17-2)5-6-13(14)16/h5-6,9,11H,4,7-8,10,16H2,1-3H3,(H,17,20). The van der Waals surface area contributed by atoms with Crippen molar-refractivity contribution in [1.82, 2.24) is 10.2 Å². The van der Waals surface area contributed by atoms with E-state index in [1.54, 1.807) is 13.1 Å². The maximum Gasteiger partial charge on any atom is 0.251 e. The molecule has 1 saturated heterocycles. The van der Waals surface area contributed by atoms with Crippen LogP contribution in [-0.2, 0) is 0 Å². The summed E-state index contributed by atoms with van der Waals surface area (Å²) in [6.07, 6.45) is 1.10.